The predicted molar refractivity (Wildman–Crippen MR) is 57.4 cm³/mol. The highest BCUT2D eigenvalue weighted by Gasteiger charge is 1.92. The number of hydrogen-bond donors (Lipinski definition) is 0. The van der Waals surface area contributed by atoms with Gasteiger partial charge in [0, 0.05) is 0 Å². The SMILES string of the molecule is CCCCCCCC/C=C\CC([O])=O. The number of unbranched alkanes of at least 4 members (excludes halogenated alkanes) is 6. The minimum atomic E-state index is -0.996. The molecular weight excluding hydrogens is 176 g/mol. The van der Waals surface area contributed by atoms with Crippen LogP contribution >= 0.6 is 0 Å². The molecule has 0 bridgehead atoms. The molecule has 0 rings (SSSR count). The van der Waals surface area contributed by atoms with Crippen LogP contribution in [0.3, 0.4) is 0 Å². The van der Waals surface area contributed by atoms with Gasteiger partial charge in [0.05, 0.1) is 6.42 Å². The Hall–Kier alpha value is -0.790. The molecule has 0 aromatic heterocycles. The number of hydrogen-bond acceptors (Lipinski definition) is 1. The topological polar surface area (TPSA) is 37.0 Å². The third kappa shape index (κ3) is 11.2. The molecule has 2 heteroatoms. The van der Waals surface area contributed by atoms with Gasteiger partial charge in [0.2, 0.25) is 0 Å². The first-order chi connectivity index (χ1) is 6.77. The summed E-state index contributed by atoms with van der Waals surface area (Å²) in [7, 11) is 0. The molecule has 0 aliphatic carbocycles. The molecule has 0 atom stereocenters. The molecule has 14 heavy (non-hydrogen) atoms. The fourth-order valence-corrected chi connectivity index (χ4v) is 1.34. The molecule has 2 nitrogen and oxygen atoms in total. The van der Waals surface area contributed by atoms with E-state index in [2.05, 4.69) is 6.92 Å². The average molecular weight is 197 g/mol. The number of rotatable bonds is 9. The van der Waals surface area contributed by atoms with Crippen LogP contribution in [-0.4, -0.2) is 5.97 Å². The summed E-state index contributed by atoms with van der Waals surface area (Å²) in [5.74, 6) is -0.996. The summed E-state index contributed by atoms with van der Waals surface area (Å²) in [5.41, 5.74) is 0. The zero-order chi connectivity index (χ0) is 10.6. The van der Waals surface area contributed by atoms with E-state index in [-0.39, 0.29) is 6.42 Å². The molecule has 81 valence electrons. The quantitative estimate of drug-likeness (QED) is 0.410. The maximum atomic E-state index is 10.0. The Balaban J connectivity index is 3.05. The van der Waals surface area contributed by atoms with Crippen LogP contribution < -0.4 is 0 Å². The zero-order valence-electron chi connectivity index (χ0n) is 9.13. The lowest BCUT2D eigenvalue weighted by molar-refractivity contribution is -0.142. The Labute approximate surface area is 87.0 Å². The van der Waals surface area contributed by atoms with Crippen molar-refractivity contribution in [2.24, 2.45) is 0 Å². The summed E-state index contributed by atoms with van der Waals surface area (Å²) in [6.45, 7) is 2.21. The molecule has 0 unspecified atom stereocenters. The molecular formula is C12H21O2. The lowest BCUT2D eigenvalue weighted by atomic mass is 10.1. The molecule has 0 amide bonds. The maximum absolute atomic E-state index is 10.0. The molecule has 0 N–H and O–H groups in total. The van der Waals surface area contributed by atoms with Crippen molar-refractivity contribution in [1.82, 2.24) is 0 Å². The Morgan fingerprint density at radius 3 is 2.29 bits per heavy atom. The van der Waals surface area contributed by atoms with Crippen molar-refractivity contribution >= 4 is 5.97 Å². The summed E-state index contributed by atoms with van der Waals surface area (Å²) < 4.78 is 0. The van der Waals surface area contributed by atoms with E-state index in [1.165, 1.54) is 38.5 Å². The fourth-order valence-electron chi connectivity index (χ4n) is 1.34. The van der Waals surface area contributed by atoms with E-state index in [1.54, 1.807) is 6.08 Å². The van der Waals surface area contributed by atoms with Crippen LogP contribution in [0.4, 0.5) is 0 Å². The second-order valence-electron chi connectivity index (χ2n) is 3.60. The van der Waals surface area contributed by atoms with Crippen molar-refractivity contribution in [2.45, 2.75) is 58.3 Å². The largest absolute Gasteiger partial charge is 0.359 e. The molecule has 0 aliphatic rings. The Morgan fingerprint density at radius 2 is 1.64 bits per heavy atom. The van der Waals surface area contributed by atoms with Crippen molar-refractivity contribution in [3.8, 4) is 0 Å². The highest BCUT2D eigenvalue weighted by atomic mass is 16.4. The smallest absolute Gasteiger partial charge is 0.247 e. The van der Waals surface area contributed by atoms with E-state index in [1.807, 2.05) is 6.08 Å². The Kier molecular flexibility index (Phi) is 9.71. The second-order valence-corrected chi connectivity index (χ2v) is 3.60. The van der Waals surface area contributed by atoms with Crippen LogP contribution in [0.15, 0.2) is 12.2 Å². The first-order valence-corrected chi connectivity index (χ1v) is 5.62. The van der Waals surface area contributed by atoms with Crippen molar-refractivity contribution in [2.75, 3.05) is 0 Å². The standard InChI is InChI=1S/C12H21O2/c1-2-3-4-5-6-7-8-9-10-11-12(13)14/h9-10H,2-8,11H2,1H3/b10-9-. The molecule has 0 saturated heterocycles. The third-order valence-electron chi connectivity index (χ3n) is 2.18. The molecule has 1 radical (unpaired) electrons. The van der Waals surface area contributed by atoms with Gasteiger partial charge in [-0.3, -0.25) is 0 Å². The first-order valence-electron chi connectivity index (χ1n) is 5.62. The monoisotopic (exact) mass is 197 g/mol. The first kappa shape index (κ1) is 13.2. The predicted octanol–water partition coefficient (Wildman–Crippen LogP) is 3.64. The van der Waals surface area contributed by atoms with E-state index in [0.29, 0.717) is 0 Å². The van der Waals surface area contributed by atoms with E-state index < -0.39 is 5.97 Å². The van der Waals surface area contributed by atoms with Crippen LogP contribution in [0, 0.1) is 0 Å². The van der Waals surface area contributed by atoms with Crippen LogP contribution in [0.1, 0.15) is 58.3 Å². The van der Waals surface area contributed by atoms with Crippen molar-refractivity contribution in [1.29, 1.82) is 0 Å². The normalized spacial score (nSPS) is 10.9. The van der Waals surface area contributed by atoms with Gasteiger partial charge in [-0.25, -0.2) is 9.90 Å². The molecule has 0 aliphatic heterocycles. The molecule has 0 heterocycles. The van der Waals surface area contributed by atoms with Gasteiger partial charge >= 0.3 is 5.97 Å². The third-order valence-corrected chi connectivity index (χ3v) is 2.18. The van der Waals surface area contributed by atoms with Crippen molar-refractivity contribution in [3.05, 3.63) is 12.2 Å². The highest BCUT2D eigenvalue weighted by Crippen LogP contribution is 2.07. The number of carbonyl (C=O) groups excluding carboxylic acids is 1. The van der Waals surface area contributed by atoms with Crippen molar-refractivity contribution < 1.29 is 9.90 Å². The van der Waals surface area contributed by atoms with Crippen LogP contribution in [0.25, 0.3) is 0 Å². The van der Waals surface area contributed by atoms with Gasteiger partial charge in [0.15, 0.2) is 0 Å². The Bertz CT molecular complexity index is 162. The molecule has 0 aromatic carbocycles. The molecule has 0 aromatic rings. The average Bonchev–Trinajstić information content (AvgIpc) is 2.15. The van der Waals surface area contributed by atoms with E-state index >= 15 is 0 Å². The van der Waals surface area contributed by atoms with E-state index in [9.17, 15) is 9.90 Å². The lowest BCUT2D eigenvalue weighted by Crippen LogP contribution is -1.87. The minimum absolute atomic E-state index is 0.0514. The zero-order valence-corrected chi connectivity index (χ0v) is 9.13. The second kappa shape index (κ2) is 10.3. The van der Waals surface area contributed by atoms with Gasteiger partial charge in [0.1, 0.15) is 0 Å². The van der Waals surface area contributed by atoms with E-state index in [0.717, 1.165) is 6.42 Å². The molecule has 0 spiro atoms. The summed E-state index contributed by atoms with van der Waals surface area (Å²) in [6.07, 6.45) is 12.4. The number of allylic oxidation sites excluding steroid dienone is 1. The summed E-state index contributed by atoms with van der Waals surface area (Å²) in [6, 6.07) is 0. The van der Waals surface area contributed by atoms with Gasteiger partial charge in [0.25, 0.3) is 0 Å². The summed E-state index contributed by atoms with van der Waals surface area (Å²) in [4.78, 5) is 10.0. The van der Waals surface area contributed by atoms with Crippen LogP contribution in [0.5, 0.6) is 0 Å². The minimum Gasteiger partial charge on any atom is -0.247 e. The van der Waals surface area contributed by atoms with Gasteiger partial charge in [-0.05, 0) is 12.8 Å². The highest BCUT2D eigenvalue weighted by molar-refractivity contribution is 5.68. The summed E-state index contributed by atoms with van der Waals surface area (Å²) in [5, 5.41) is 10.0. The molecule has 0 saturated carbocycles. The lowest BCUT2D eigenvalue weighted by Gasteiger charge is -1.97. The van der Waals surface area contributed by atoms with Crippen LogP contribution in [-0.2, 0) is 9.90 Å². The summed E-state index contributed by atoms with van der Waals surface area (Å²) >= 11 is 0. The maximum Gasteiger partial charge on any atom is 0.359 e. The van der Waals surface area contributed by atoms with Crippen LogP contribution in [0.2, 0.25) is 0 Å². The van der Waals surface area contributed by atoms with Gasteiger partial charge in [-0.15, -0.1) is 0 Å². The van der Waals surface area contributed by atoms with Gasteiger partial charge in [-0.2, -0.15) is 0 Å². The number of carbonyl (C=O) groups is 1. The van der Waals surface area contributed by atoms with Crippen molar-refractivity contribution in [3.63, 3.8) is 0 Å². The van der Waals surface area contributed by atoms with Gasteiger partial charge < -0.3 is 0 Å². The van der Waals surface area contributed by atoms with E-state index in [4.69, 9.17) is 0 Å². The Morgan fingerprint density at radius 1 is 1.00 bits per heavy atom. The fraction of sp³-hybridized carbons (Fsp3) is 0.750. The molecule has 0 fully saturated rings. The van der Waals surface area contributed by atoms with Gasteiger partial charge in [-0.1, -0.05) is 51.2 Å².